The van der Waals surface area contributed by atoms with E-state index in [0.29, 0.717) is 0 Å². The van der Waals surface area contributed by atoms with Crippen LogP contribution in [0.4, 0.5) is 0 Å². The van der Waals surface area contributed by atoms with E-state index in [-0.39, 0.29) is 23.5 Å². The van der Waals surface area contributed by atoms with Gasteiger partial charge in [-0.05, 0) is 35.7 Å². The Hall–Kier alpha value is -2.04. The molecule has 0 aromatic heterocycles. The molecule has 4 heteroatoms. The minimum absolute atomic E-state index is 0.136. The van der Waals surface area contributed by atoms with Crippen molar-refractivity contribution < 1.29 is 14.6 Å². The zero-order chi connectivity index (χ0) is 19.0. The summed E-state index contributed by atoms with van der Waals surface area (Å²) >= 11 is 0. The lowest BCUT2D eigenvalue weighted by Crippen LogP contribution is -2.36. The molecule has 3 atom stereocenters. The van der Waals surface area contributed by atoms with E-state index in [9.17, 15) is 5.11 Å². The van der Waals surface area contributed by atoms with Gasteiger partial charge in [0.15, 0.2) is 11.5 Å². The van der Waals surface area contributed by atoms with Crippen molar-refractivity contribution in [2.45, 2.75) is 44.8 Å². The fourth-order valence-electron chi connectivity index (χ4n) is 4.56. The molecule has 2 N–H and O–H groups in total. The molecule has 0 spiro atoms. The SMILES string of the molecule is COc1ccc([C@@H]2CNC[C@]2(C)[C@@H](C)O)cc1OC1Cc2ccccc2C1. The highest BCUT2D eigenvalue weighted by Gasteiger charge is 2.43. The molecule has 0 bridgehead atoms. The molecule has 1 aliphatic heterocycles. The predicted octanol–water partition coefficient (Wildman–Crippen LogP) is 3.32. The van der Waals surface area contributed by atoms with Crippen LogP contribution in [0.5, 0.6) is 11.5 Å². The molecule has 0 unspecified atom stereocenters. The number of aliphatic hydroxyl groups is 1. The molecule has 1 aliphatic carbocycles. The molecule has 2 aromatic rings. The highest BCUT2D eigenvalue weighted by molar-refractivity contribution is 5.45. The van der Waals surface area contributed by atoms with Crippen molar-refractivity contribution in [1.29, 1.82) is 0 Å². The summed E-state index contributed by atoms with van der Waals surface area (Å²) in [4.78, 5) is 0. The number of nitrogens with one attached hydrogen (secondary N) is 1. The second kappa shape index (κ2) is 7.17. The van der Waals surface area contributed by atoms with Gasteiger partial charge in [-0.25, -0.2) is 0 Å². The van der Waals surface area contributed by atoms with Gasteiger partial charge in [-0.1, -0.05) is 37.3 Å². The Morgan fingerprint density at radius 1 is 1.11 bits per heavy atom. The van der Waals surface area contributed by atoms with Gasteiger partial charge in [-0.3, -0.25) is 0 Å². The number of rotatable bonds is 5. The first-order chi connectivity index (χ1) is 13.0. The third kappa shape index (κ3) is 3.32. The van der Waals surface area contributed by atoms with E-state index < -0.39 is 0 Å². The third-order valence-electron chi connectivity index (χ3n) is 6.50. The molecular weight excluding hydrogens is 338 g/mol. The fourth-order valence-corrected chi connectivity index (χ4v) is 4.56. The fraction of sp³-hybridized carbons (Fsp3) is 0.478. The number of benzene rings is 2. The van der Waals surface area contributed by atoms with E-state index in [2.05, 4.69) is 48.6 Å². The molecule has 27 heavy (non-hydrogen) atoms. The predicted molar refractivity (Wildman–Crippen MR) is 107 cm³/mol. The molecule has 4 rings (SSSR count). The smallest absolute Gasteiger partial charge is 0.161 e. The van der Waals surface area contributed by atoms with Gasteiger partial charge < -0.3 is 19.9 Å². The third-order valence-corrected chi connectivity index (χ3v) is 6.50. The van der Waals surface area contributed by atoms with Crippen LogP contribution in [-0.2, 0) is 12.8 Å². The summed E-state index contributed by atoms with van der Waals surface area (Å²) in [6.07, 6.45) is 1.62. The van der Waals surface area contributed by atoms with Crippen molar-refractivity contribution in [2.24, 2.45) is 5.41 Å². The van der Waals surface area contributed by atoms with Crippen molar-refractivity contribution in [3.05, 3.63) is 59.2 Å². The number of aliphatic hydroxyl groups excluding tert-OH is 1. The molecule has 144 valence electrons. The summed E-state index contributed by atoms with van der Waals surface area (Å²) in [6.45, 7) is 5.72. The van der Waals surface area contributed by atoms with Gasteiger partial charge in [0.2, 0.25) is 0 Å². The molecule has 1 saturated heterocycles. The van der Waals surface area contributed by atoms with Gasteiger partial charge in [0.1, 0.15) is 6.10 Å². The van der Waals surface area contributed by atoms with E-state index in [4.69, 9.17) is 9.47 Å². The van der Waals surface area contributed by atoms with E-state index in [1.54, 1.807) is 7.11 Å². The van der Waals surface area contributed by atoms with Crippen LogP contribution < -0.4 is 14.8 Å². The Bertz CT molecular complexity index is 794. The Labute approximate surface area is 161 Å². The summed E-state index contributed by atoms with van der Waals surface area (Å²) in [5.74, 6) is 1.80. The van der Waals surface area contributed by atoms with Crippen molar-refractivity contribution >= 4 is 0 Å². The number of ether oxygens (including phenoxy) is 2. The van der Waals surface area contributed by atoms with Gasteiger partial charge in [-0.15, -0.1) is 0 Å². The normalized spacial score (nSPS) is 26.0. The Balaban J connectivity index is 1.59. The monoisotopic (exact) mass is 367 g/mol. The average molecular weight is 367 g/mol. The van der Waals surface area contributed by atoms with E-state index in [1.807, 2.05) is 13.0 Å². The number of hydrogen-bond donors (Lipinski definition) is 2. The van der Waals surface area contributed by atoms with Gasteiger partial charge in [0.05, 0.1) is 13.2 Å². The highest BCUT2D eigenvalue weighted by Crippen LogP contribution is 2.44. The van der Waals surface area contributed by atoms with Crippen LogP contribution in [0.1, 0.15) is 36.5 Å². The van der Waals surface area contributed by atoms with E-state index in [0.717, 1.165) is 37.4 Å². The summed E-state index contributed by atoms with van der Waals surface area (Å²) < 4.78 is 12.0. The van der Waals surface area contributed by atoms with Crippen molar-refractivity contribution in [2.75, 3.05) is 20.2 Å². The largest absolute Gasteiger partial charge is 0.493 e. The van der Waals surface area contributed by atoms with Gasteiger partial charge >= 0.3 is 0 Å². The molecule has 0 saturated carbocycles. The standard InChI is InChI=1S/C23H29NO3/c1-15(25)23(2)14-24-13-20(23)18-8-9-21(26-3)22(12-18)27-19-10-16-6-4-5-7-17(16)11-19/h4-9,12,15,19-20,24-25H,10-11,13-14H2,1-3H3/t15-,20+,23-/m1/s1. The lowest BCUT2D eigenvalue weighted by Gasteiger charge is -2.34. The maximum absolute atomic E-state index is 10.3. The number of hydrogen-bond acceptors (Lipinski definition) is 4. The maximum Gasteiger partial charge on any atom is 0.161 e. The lowest BCUT2D eigenvalue weighted by atomic mass is 9.72. The van der Waals surface area contributed by atoms with Crippen LogP contribution >= 0.6 is 0 Å². The Kier molecular flexibility index (Phi) is 4.87. The molecule has 1 heterocycles. The Morgan fingerprint density at radius 3 is 2.44 bits per heavy atom. The molecule has 0 radical (unpaired) electrons. The van der Waals surface area contributed by atoms with Gasteiger partial charge in [0.25, 0.3) is 0 Å². The van der Waals surface area contributed by atoms with Crippen molar-refractivity contribution in [1.82, 2.24) is 5.32 Å². The lowest BCUT2D eigenvalue weighted by molar-refractivity contribution is 0.0548. The van der Waals surface area contributed by atoms with Crippen LogP contribution in [0.25, 0.3) is 0 Å². The summed E-state index contributed by atoms with van der Waals surface area (Å²) in [7, 11) is 1.68. The minimum Gasteiger partial charge on any atom is -0.493 e. The van der Waals surface area contributed by atoms with Crippen LogP contribution in [-0.4, -0.2) is 37.5 Å². The van der Waals surface area contributed by atoms with Crippen molar-refractivity contribution in [3.8, 4) is 11.5 Å². The summed E-state index contributed by atoms with van der Waals surface area (Å²) in [5.41, 5.74) is 3.75. The van der Waals surface area contributed by atoms with Crippen LogP contribution in [0.2, 0.25) is 0 Å². The molecule has 2 aliphatic rings. The maximum atomic E-state index is 10.3. The zero-order valence-corrected chi connectivity index (χ0v) is 16.4. The number of methoxy groups -OCH3 is 1. The zero-order valence-electron chi connectivity index (χ0n) is 16.4. The molecular formula is C23H29NO3. The van der Waals surface area contributed by atoms with Crippen LogP contribution in [0.3, 0.4) is 0 Å². The Morgan fingerprint density at radius 2 is 1.81 bits per heavy atom. The average Bonchev–Trinajstić information content (AvgIpc) is 3.25. The first kappa shape index (κ1) is 18.3. The quantitative estimate of drug-likeness (QED) is 0.851. The first-order valence-corrected chi connectivity index (χ1v) is 9.81. The molecule has 1 fully saturated rings. The second-order valence-electron chi connectivity index (χ2n) is 8.19. The summed E-state index contributed by atoms with van der Waals surface area (Å²) in [5, 5.41) is 13.8. The molecule has 2 aromatic carbocycles. The topological polar surface area (TPSA) is 50.7 Å². The minimum atomic E-state index is -0.381. The number of fused-ring (bicyclic) bond motifs is 1. The highest BCUT2D eigenvalue weighted by atomic mass is 16.5. The molecule has 4 nitrogen and oxygen atoms in total. The van der Waals surface area contributed by atoms with E-state index in [1.165, 1.54) is 16.7 Å². The summed E-state index contributed by atoms with van der Waals surface area (Å²) in [6, 6.07) is 14.8. The van der Waals surface area contributed by atoms with Gasteiger partial charge in [0, 0.05) is 37.3 Å². The molecule has 0 amide bonds. The second-order valence-corrected chi connectivity index (χ2v) is 8.19. The van der Waals surface area contributed by atoms with Crippen LogP contribution in [0, 0.1) is 5.41 Å². The van der Waals surface area contributed by atoms with Crippen LogP contribution in [0.15, 0.2) is 42.5 Å². The first-order valence-electron chi connectivity index (χ1n) is 9.81. The van der Waals surface area contributed by atoms with E-state index >= 15 is 0 Å². The van der Waals surface area contributed by atoms with Crippen molar-refractivity contribution in [3.63, 3.8) is 0 Å². The van der Waals surface area contributed by atoms with Gasteiger partial charge in [-0.2, -0.15) is 0 Å².